The van der Waals surface area contributed by atoms with Crippen LogP contribution in [0.4, 0.5) is 0 Å². The molecule has 1 saturated heterocycles. The molecule has 1 rings (SSSR count). The molecule has 0 saturated carbocycles. The maximum Gasteiger partial charge on any atom is 0.155 e. The Hall–Kier alpha value is -0.370. The zero-order valence-corrected chi connectivity index (χ0v) is 9.02. The predicted octanol–water partition coefficient (Wildman–Crippen LogP) is 2.13. The maximum atomic E-state index is 12.0. The van der Waals surface area contributed by atoms with Crippen LogP contribution in [0.1, 0.15) is 46.5 Å². The Kier molecular flexibility index (Phi) is 3.48. The van der Waals surface area contributed by atoms with Gasteiger partial charge in [-0.05, 0) is 25.8 Å². The van der Waals surface area contributed by atoms with Crippen LogP contribution in [0.5, 0.6) is 0 Å². The number of Topliss-reactive ketones (excluding diaryl/α,β-unsaturated/α-hetero) is 1. The van der Waals surface area contributed by atoms with Crippen LogP contribution in [0.2, 0.25) is 0 Å². The van der Waals surface area contributed by atoms with Gasteiger partial charge in [-0.3, -0.25) is 4.79 Å². The van der Waals surface area contributed by atoms with Crippen molar-refractivity contribution in [2.24, 2.45) is 5.92 Å². The highest BCUT2D eigenvalue weighted by Gasteiger charge is 2.40. The van der Waals surface area contributed by atoms with Crippen molar-refractivity contribution in [2.75, 3.05) is 6.54 Å². The van der Waals surface area contributed by atoms with Gasteiger partial charge in [-0.2, -0.15) is 0 Å². The third-order valence-corrected chi connectivity index (χ3v) is 2.92. The average Bonchev–Trinajstić information content (AvgIpc) is 2.53. The second-order valence-corrected chi connectivity index (χ2v) is 4.38. The molecule has 0 radical (unpaired) electrons. The third-order valence-electron chi connectivity index (χ3n) is 2.92. The molecule has 1 fully saturated rings. The van der Waals surface area contributed by atoms with E-state index in [2.05, 4.69) is 12.2 Å². The topological polar surface area (TPSA) is 29.1 Å². The molecule has 1 unspecified atom stereocenters. The number of carbonyl (C=O) groups is 1. The van der Waals surface area contributed by atoms with Crippen molar-refractivity contribution in [3.05, 3.63) is 0 Å². The maximum absolute atomic E-state index is 12.0. The molecule has 13 heavy (non-hydrogen) atoms. The van der Waals surface area contributed by atoms with E-state index >= 15 is 0 Å². The van der Waals surface area contributed by atoms with E-state index in [1.807, 2.05) is 13.8 Å². The van der Waals surface area contributed by atoms with Gasteiger partial charge in [0.05, 0.1) is 5.54 Å². The van der Waals surface area contributed by atoms with Gasteiger partial charge in [-0.25, -0.2) is 0 Å². The number of hydrogen-bond donors (Lipinski definition) is 1. The van der Waals surface area contributed by atoms with Crippen molar-refractivity contribution < 1.29 is 4.79 Å². The molecule has 1 aliphatic heterocycles. The van der Waals surface area contributed by atoms with Crippen molar-refractivity contribution in [1.29, 1.82) is 0 Å². The molecule has 0 aromatic rings. The zero-order chi connectivity index (χ0) is 9.90. The van der Waals surface area contributed by atoms with Gasteiger partial charge in [0.2, 0.25) is 0 Å². The molecule has 0 aromatic carbocycles. The van der Waals surface area contributed by atoms with Crippen molar-refractivity contribution >= 4 is 5.78 Å². The highest BCUT2D eigenvalue weighted by Crippen LogP contribution is 2.28. The smallest absolute Gasteiger partial charge is 0.155 e. The van der Waals surface area contributed by atoms with E-state index in [4.69, 9.17) is 0 Å². The van der Waals surface area contributed by atoms with Gasteiger partial charge in [0.1, 0.15) is 0 Å². The van der Waals surface area contributed by atoms with E-state index in [9.17, 15) is 4.79 Å². The largest absolute Gasteiger partial charge is 0.305 e. The lowest BCUT2D eigenvalue weighted by Crippen LogP contribution is -2.49. The van der Waals surface area contributed by atoms with Crippen molar-refractivity contribution in [2.45, 2.75) is 52.0 Å². The molecule has 1 atom stereocenters. The van der Waals surface area contributed by atoms with Gasteiger partial charge in [0.25, 0.3) is 0 Å². The summed E-state index contributed by atoms with van der Waals surface area (Å²) in [5.41, 5.74) is -0.164. The highest BCUT2D eigenvalue weighted by atomic mass is 16.1. The van der Waals surface area contributed by atoms with Crippen LogP contribution in [0, 0.1) is 5.92 Å². The van der Waals surface area contributed by atoms with Crippen molar-refractivity contribution in [3.63, 3.8) is 0 Å². The number of rotatable bonds is 4. The molecule has 2 nitrogen and oxygen atoms in total. The predicted molar refractivity (Wildman–Crippen MR) is 54.7 cm³/mol. The third kappa shape index (κ3) is 2.11. The standard InChI is InChI=1S/C11H21NO/c1-4-6-11(7-5-8-12-11)10(13)9(2)3/h9,12H,4-8H2,1-3H3. The van der Waals surface area contributed by atoms with Crippen molar-refractivity contribution in [1.82, 2.24) is 5.32 Å². The second kappa shape index (κ2) is 4.23. The molecule has 1 aliphatic rings. The Morgan fingerprint density at radius 1 is 1.54 bits per heavy atom. The SMILES string of the molecule is CCCC1(C(=O)C(C)C)CCCN1. The fourth-order valence-corrected chi connectivity index (χ4v) is 2.33. The molecule has 0 aromatic heterocycles. The second-order valence-electron chi connectivity index (χ2n) is 4.38. The molecule has 76 valence electrons. The fraction of sp³-hybridized carbons (Fsp3) is 0.909. The molecule has 2 heteroatoms. The summed E-state index contributed by atoms with van der Waals surface area (Å²) in [5.74, 6) is 0.573. The van der Waals surface area contributed by atoms with Gasteiger partial charge in [0, 0.05) is 5.92 Å². The van der Waals surface area contributed by atoms with Crippen LogP contribution >= 0.6 is 0 Å². The number of hydrogen-bond acceptors (Lipinski definition) is 2. The van der Waals surface area contributed by atoms with Crippen molar-refractivity contribution in [3.8, 4) is 0 Å². The minimum Gasteiger partial charge on any atom is -0.305 e. The minimum atomic E-state index is -0.164. The Bertz CT molecular complexity index is 181. The molecular formula is C11H21NO. The summed E-state index contributed by atoms with van der Waals surface area (Å²) < 4.78 is 0. The number of nitrogens with one attached hydrogen (secondary N) is 1. The summed E-state index contributed by atoms with van der Waals surface area (Å²) in [4.78, 5) is 12.0. The fourth-order valence-electron chi connectivity index (χ4n) is 2.33. The first-order valence-electron chi connectivity index (χ1n) is 5.42. The highest BCUT2D eigenvalue weighted by molar-refractivity contribution is 5.90. The molecule has 1 N–H and O–H groups in total. The first-order chi connectivity index (χ1) is 6.12. The van der Waals surface area contributed by atoms with E-state index in [1.54, 1.807) is 0 Å². The normalized spacial score (nSPS) is 28.3. The summed E-state index contributed by atoms with van der Waals surface area (Å²) >= 11 is 0. The Labute approximate surface area is 81.1 Å². The molecular weight excluding hydrogens is 162 g/mol. The molecule has 0 spiro atoms. The average molecular weight is 183 g/mol. The molecule has 0 aliphatic carbocycles. The van der Waals surface area contributed by atoms with Gasteiger partial charge in [-0.1, -0.05) is 27.2 Å². The van der Waals surface area contributed by atoms with E-state index in [1.165, 1.54) is 0 Å². The van der Waals surface area contributed by atoms with Gasteiger partial charge in [0.15, 0.2) is 5.78 Å². The lowest BCUT2D eigenvalue weighted by Gasteiger charge is -2.29. The molecule has 1 heterocycles. The minimum absolute atomic E-state index is 0.164. The Morgan fingerprint density at radius 2 is 2.23 bits per heavy atom. The summed E-state index contributed by atoms with van der Waals surface area (Å²) in [7, 11) is 0. The van der Waals surface area contributed by atoms with E-state index < -0.39 is 0 Å². The van der Waals surface area contributed by atoms with E-state index in [-0.39, 0.29) is 11.5 Å². The van der Waals surface area contributed by atoms with Crippen LogP contribution in [-0.4, -0.2) is 17.9 Å². The van der Waals surface area contributed by atoms with E-state index in [0.29, 0.717) is 5.78 Å². The number of carbonyl (C=O) groups excluding carboxylic acids is 1. The van der Waals surface area contributed by atoms with E-state index in [0.717, 1.165) is 32.2 Å². The summed E-state index contributed by atoms with van der Waals surface area (Å²) in [6.45, 7) is 7.16. The lowest BCUT2D eigenvalue weighted by molar-refractivity contribution is -0.128. The van der Waals surface area contributed by atoms with Gasteiger partial charge >= 0.3 is 0 Å². The van der Waals surface area contributed by atoms with Gasteiger partial charge < -0.3 is 5.32 Å². The van der Waals surface area contributed by atoms with Crippen LogP contribution in [0.3, 0.4) is 0 Å². The van der Waals surface area contributed by atoms with Crippen LogP contribution in [-0.2, 0) is 4.79 Å². The summed E-state index contributed by atoms with van der Waals surface area (Å²) in [6.07, 6.45) is 4.28. The van der Waals surface area contributed by atoms with Crippen LogP contribution < -0.4 is 5.32 Å². The quantitative estimate of drug-likeness (QED) is 0.723. The monoisotopic (exact) mass is 183 g/mol. The summed E-state index contributed by atoms with van der Waals surface area (Å²) in [6, 6.07) is 0. The number of ketones is 1. The first kappa shape index (κ1) is 10.7. The zero-order valence-electron chi connectivity index (χ0n) is 9.02. The van der Waals surface area contributed by atoms with Crippen LogP contribution in [0.15, 0.2) is 0 Å². The Morgan fingerprint density at radius 3 is 2.62 bits per heavy atom. The Balaban J connectivity index is 2.71. The van der Waals surface area contributed by atoms with Crippen LogP contribution in [0.25, 0.3) is 0 Å². The first-order valence-corrected chi connectivity index (χ1v) is 5.42. The summed E-state index contributed by atoms with van der Waals surface area (Å²) in [5, 5.41) is 3.40. The van der Waals surface area contributed by atoms with Gasteiger partial charge in [-0.15, -0.1) is 0 Å². The lowest BCUT2D eigenvalue weighted by atomic mass is 9.82. The molecule has 0 amide bonds. The molecule has 0 bridgehead atoms.